The number of fused-ring (bicyclic) bond motifs is 1. The minimum absolute atomic E-state index is 0.505. The molecule has 70 valence electrons. The van der Waals surface area contributed by atoms with Gasteiger partial charge in [0.1, 0.15) is 0 Å². The zero-order chi connectivity index (χ0) is 8.88. The third-order valence-electron chi connectivity index (χ3n) is 4.30. The smallest absolute Gasteiger partial charge is 0.00751 e. The van der Waals surface area contributed by atoms with Gasteiger partial charge in [-0.1, -0.05) is 20.8 Å². The van der Waals surface area contributed by atoms with Crippen molar-refractivity contribution in [1.82, 2.24) is 0 Å². The standard InChI is InChI=1S/C11H21N/c1-6-4-7(2)11-9(12)5-8(3)10(6)11/h6-11H,4-5,12H2,1-3H3. The van der Waals surface area contributed by atoms with E-state index in [9.17, 15) is 0 Å². The Kier molecular flexibility index (Phi) is 1.95. The lowest BCUT2D eigenvalue weighted by Gasteiger charge is -2.20. The lowest BCUT2D eigenvalue weighted by Crippen LogP contribution is -2.29. The normalized spacial score (nSPS) is 59.0. The number of rotatable bonds is 0. The minimum Gasteiger partial charge on any atom is -0.327 e. The molecule has 2 aliphatic rings. The Balaban J connectivity index is 2.20. The van der Waals surface area contributed by atoms with Crippen LogP contribution in [0.3, 0.4) is 0 Å². The second kappa shape index (κ2) is 2.73. The van der Waals surface area contributed by atoms with E-state index in [1.54, 1.807) is 0 Å². The van der Waals surface area contributed by atoms with Crippen molar-refractivity contribution in [2.45, 2.75) is 39.7 Å². The molecule has 0 heterocycles. The molecule has 0 aromatic heterocycles. The molecular formula is C11H21N. The fourth-order valence-corrected chi connectivity index (χ4v) is 4.05. The molecule has 1 heteroatoms. The molecule has 2 fully saturated rings. The van der Waals surface area contributed by atoms with E-state index in [1.165, 1.54) is 12.8 Å². The molecule has 6 unspecified atom stereocenters. The van der Waals surface area contributed by atoms with Gasteiger partial charge in [-0.15, -0.1) is 0 Å². The van der Waals surface area contributed by atoms with Gasteiger partial charge in [-0.05, 0) is 42.4 Å². The van der Waals surface area contributed by atoms with Crippen LogP contribution in [0.25, 0.3) is 0 Å². The SMILES string of the molecule is CC1CC(C)C2C(N)CC(C)C12. The van der Waals surface area contributed by atoms with Crippen molar-refractivity contribution in [1.29, 1.82) is 0 Å². The van der Waals surface area contributed by atoms with Crippen LogP contribution in [0.15, 0.2) is 0 Å². The number of hydrogen-bond acceptors (Lipinski definition) is 1. The Morgan fingerprint density at radius 1 is 0.833 bits per heavy atom. The first-order valence-electron chi connectivity index (χ1n) is 5.37. The lowest BCUT2D eigenvalue weighted by molar-refractivity contribution is 0.285. The number of nitrogens with two attached hydrogens (primary N) is 1. The first-order chi connectivity index (χ1) is 5.61. The molecule has 0 aliphatic heterocycles. The van der Waals surface area contributed by atoms with Crippen molar-refractivity contribution in [3.63, 3.8) is 0 Å². The van der Waals surface area contributed by atoms with Crippen molar-refractivity contribution in [3.05, 3.63) is 0 Å². The Morgan fingerprint density at radius 2 is 1.33 bits per heavy atom. The van der Waals surface area contributed by atoms with Crippen LogP contribution in [-0.4, -0.2) is 6.04 Å². The van der Waals surface area contributed by atoms with Gasteiger partial charge in [-0.25, -0.2) is 0 Å². The largest absolute Gasteiger partial charge is 0.327 e. The minimum atomic E-state index is 0.505. The van der Waals surface area contributed by atoms with Gasteiger partial charge < -0.3 is 5.73 Å². The van der Waals surface area contributed by atoms with Gasteiger partial charge in [0.05, 0.1) is 0 Å². The van der Waals surface area contributed by atoms with Crippen LogP contribution >= 0.6 is 0 Å². The molecule has 0 aromatic carbocycles. The van der Waals surface area contributed by atoms with E-state index in [1.807, 2.05) is 0 Å². The monoisotopic (exact) mass is 167 g/mol. The highest BCUT2D eigenvalue weighted by molar-refractivity contribution is 5.00. The first kappa shape index (κ1) is 8.55. The van der Waals surface area contributed by atoms with Crippen molar-refractivity contribution >= 4 is 0 Å². The second-order valence-electron chi connectivity index (χ2n) is 5.22. The van der Waals surface area contributed by atoms with E-state index < -0.39 is 0 Å². The Hall–Kier alpha value is -0.0400. The third-order valence-corrected chi connectivity index (χ3v) is 4.30. The Bertz CT molecular complexity index is 142. The summed E-state index contributed by atoms with van der Waals surface area (Å²) in [5.41, 5.74) is 6.16. The Morgan fingerprint density at radius 3 is 1.92 bits per heavy atom. The molecule has 0 bridgehead atoms. The molecule has 0 amide bonds. The maximum Gasteiger partial charge on any atom is 0.00751 e. The van der Waals surface area contributed by atoms with Crippen LogP contribution in [0.1, 0.15) is 33.6 Å². The fraction of sp³-hybridized carbons (Fsp3) is 1.00. The van der Waals surface area contributed by atoms with Gasteiger partial charge in [0.15, 0.2) is 0 Å². The van der Waals surface area contributed by atoms with Gasteiger partial charge in [-0.2, -0.15) is 0 Å². The van der Waals surface area contributed by atoms with E-state index in [0.29, 0.717) is 6.04 Å². The molecule has 12 heavy (non-hydrogen) atoms. The molecular weight excluding hydrogens is 146 g/mol. The Labute approximate surface area is 75.7 Å². The topological polar surface area (TPSA) is 26.0 Å². The average Bonchev–Trinajstić information content (AvgIpc) is 2.38. The van der Waals surface area contributed by atoms with Gasteiger partial charge in [0, 0.05) is 6.04 Å². The average molecular weight is 167 g/mol. The molecule has 6 atom stereocenters. The number of hydrogen-bond donors (Lipinski definition) is 1. The summed E-state index contributed by atoms with van der Waals surface area (Å²) < 4.78 is 0. The predicted octanol–water partition coefficient (Wildman–Crippen LogP) is 2.26. The van der Waals surface area contributed by atoms with Crippen LogP contribution in [0.2, 0.25) is 0 Å². The molecule has 2 saturated carbocycles. The van der Waals surface area contributed by atoms with Gasteiger partial charge in [0.25, 0.3) is 0 Å². The summed E-state index contributed by atoms with van der Waals surface area (Å²) >= 11 is 0. The summed E-state index contributed by atoms with van der Waals surface area (Å²) in [5, 5.41) is 0. The fourth-order valence-electron chi connectivity index (χ4n) is 4.05. The second-order valence-corrected chi connectivity index (χ2v) is 5.22. The summed E-state index contributed by atoms with van der Waals surface area (Å²) in [6, 6.07) is 0.505. The van der Waals surface area contributed by atoms with Gasteiger partial charge >= 0.3 is 0 Å². The zero-order valence-electron chi connectivity index (χ0n) is 8.46. The van der Waals surface area contributed by atoms with E-state index >= 15 is 0 Å². The van der Waals surface area contributed by atoms with Crippen LogP contribution in [-0.2, 0) is 0 Å². The summed E-state index contributed by atoms with van der Waals surface area (Å²) in [4.78, 5) is 0. The highest BCUT2D eigenvalue weighted by Crippen LogP contribution is 2.52. The summed E-state index contributed by atoms with van der Waals surface area (Å²) in [6.45, 7) is 7.19. The van der Waals surface area contributed by atoms with Crippen LogP contribution in [0.4, 0.5) is 0 Å². The highest BCUT2D eigenvalue weighted by atomic mass is 14.7. The maximum atomic E-state index is 6.16. The maximum absolute atomic E-state index is 6.16. The highest BCUT2D eigenvalue weighted by Gasteiger charge is 2.49. The van der Waals surface area contributed by atoms with Crippen molar-refractivity contribution < 1.29 is 0 Å². The molecule has 1 nitrogen and oxygen atoms in total. The third kappa shape index (κ3) is 1.02. The molecule has 2 aliphatic carbocycles. The van der Waals surface area contributed by atoms with E-state index in [4.69, 9.17) is 5.73 Å². The molecule has 0 spiro atoms. The quantitative estimate of drug-likeness (QED) is 0.588. The van der Waals surface area contributed by atoms with E-state index in [-0.39, 0.29) is 0 Å². The van der Waals surface area contributed by atoms with Crippen LogP contribution in [0, 0.1) is 29.6 Å². The first-order valence-corrected chi connectivity index (χ1v) is 5.37. The van der Waals surface area contributed by atoms with Crippen molar-refractivity contribution in [3.8, 4) is 0 Å². The lowest BCUT2D eigenvalue weighted by atomic mass is 9.86. The summed E-state index contributed by atoms with van der Waals surface area (Å²) in [6.07, 6.45) is 2.68. The zero-order valence-corrected chi connectivity index (χ0v) is 8.46. The predicted molar refractivity (Wildman–Crippen MR) is 51.7 cm³/mol. The van der Waals surface area contributed by atoms with Crippen molar-refractivity contribution in [2.24, 2.45) is 35.3 Å². The van der Waals surface area contributed by atoms with Gasteiger partial charge in [0.2, 0.25) is 0 Å². The summed E-state index contributed by atoms with van der Waals surface area (Å²) in [7, 11) is 0. The van der Waals surface area contributed by atoms with Crippen molar-refractivity contribution in [2.75, 3.05) is 0 Å². The van der Waals surface area contributed by atoms with Crippen LogP contribution < -0.4 is 5.73 Å². The molecule has 2 rings (SSSR count). The van der Waals surface area contributed by atoms with E-state index in [0.717, 1.165) is 29.6 Å². The molecule has 0 aromatic rings. The molecule has 2 N–H and O–H groups in total. The molecule has 0 radical (unpaired) electrons. The van der Waals surface area contributed by atoms with Crippen LogP contribution in [0.5, 0.6) is 0 Å². The van der Waals surface area contributed by atoms with E-state index in [2.05, 4.69) is 20.8 Å². The van der Waals surface area contributed by atoms with Gasteiger partial charge in [-0.3, -0.25) is 0 Å². The summed E-state index contributed by atoms with van der Waals surface area (Å²) in [5.74, 6) is 4.47. The molecule has 0 saturated heterocycles.